The van der Waals surface area contributed by atoms with E-state index in [0.29, 0.717) is 25.3 Å². The van der Waals surface area contributed by atoms with Gasteiger partial charge >= 0.3 is 0 Å². The molecule has 130 valence electrons. The van der Waals surface area contributed by atoms with Crippen LogP contribution in [0.1, 0.15) is 44.9 Å². The average molecular weight is 336 g/mol. The molecule has 2 heterocycles. The van der Waals surface area contributed by atoms with Crippen LogP contribution >= 0.6 is 0 Å². The third-order valence-corrected chi connectivity index (χ3v) is 5.70. The standard InChI is InChI=1S/C20H24N4O/c1-2-3-11-20(22-23-20)12-10-19(25)21-17-6-4-5-7-18(17)24-14-15-8-9-16(24)13-15/h1,4-7,15-16H,3,8-14H2,(H,21,25). The van der Waals surface area contributed by atoms with Gasteiger partial charge in [-0.25, -0.2) is 0 Å². The first kappa shape index (κ1) is 16.1. The summed E-state index contributed by atoms with van der Waals surface area (Å²) < 4.78 is 0. The molecule has 25 heavy (non-hydrogen) atoms. The van der Waals surface area contributed by atoms with Crippen LogP contribution in [0.5, 0.6) is 0 Å². The second-order valence-corrected chi connectivity index (χ2v) is 7.44. The van der Waals surface area contributed by atoms with Gasteiger partial charge in [-0.2, -0.15) is 10.2 Å². The minimum Gasteiger partial charge on any atom is -0.367 e. The quantitative estimate of drug-likeness (QED) is 0.766. The van der Waals surface area contributed by atoms with Crippen LogP contribution in [-0.2, 0) is 4.79 Å². The molecular formula is C20H24N4O. The van der Waals surface area contributed by atoms with E-state index in [4.69, 9.17) is 6.42 Å². The molecule has 1 N–H and O–H groups in total. The van der Waals surface area contributed by atoms with Crippen molar-refractivity contribution in [3.05, 3.63) is 24.3 Å². The lowest BCUT2D eigenvalue weighted by molar-refractivity contribution is -0.116. The van der Waals surface area contributed by atoms with Gasteiger partial charge in [-0.1, -0.05) is 12.1 Å². The van der Waals surface area contributed by atoms with Crippen molar-refractivity contribution in [1.29, 1.82) is 0 Å². The summed E-state index contributed by atoms with van der Waals surface area (Å²) in [6, 6.07) is 8.79. The molecule has 1 saturated carbocycles. The van der Waals surface area contributed by atoms with Gasteiger partial charge in [0.15, 0.2) is 5.66 Å². The number of para-hydroxylation sites is 2. The molecule has 5 nitrogen and oxygen atoms in total. The Kier molecular flexibility index (Phi) is 4.20. The number of carbonyl (C=O) groups excluding carboxylic acids is 1. The molecule has 1 amide bonds. The van der Waals surface area contributed by atoms with Crippen molar-refractivity contribution in [2.24, 2.45) is 16.1 Å². The molecule has 4 rings (SSSR count). The highest BCUT2D eigenvalue weighted by Gasteiger charge is 2.40. The van der Waals surface area contributed by atoms with Gasteiger partial charge in [0.25, 0.3) is 0 Å². The van der Waals surface area contributed by atoms with Crippen LogP contribution in [0.15, 0.2) is 34.5 Å². The summed E-state index contributed by atoms with van der Waals surface area (Å²) in [4.78, 5) is 14.9. The maximum absolute atomic E-state index is 12.4. The van der Waals surface area contributed by atoms with E-state index >= 15 is 0 Å². The second kappa shape index (κ2) is 6.51. The van der Waals surface area contributed by atoms with Crippen molar-refractivity contribution in [2.45, 2.75) is 56.7 Å². The first-order chi connectivity index (χ1) is 12.2. The fourth-order valence-corrected chi connectivity index (χ4v) is 4.24. The minimum atomic E-state index is -0.392. The van der Waals surface area contributed by atoms with Crippen LogP contribution in [0.3, 0.4) is 0 Å². The summed E-state index contributed by atoms with van der Waals surface area (Å²) in [5.41, 5.74) is 1.69. The first-order valence-corrected chi connectivity index (χ1v) is 9.22. The van der Waals surface area contributed by atoms with E-state index in [1.54, 1.807) is 0 Å². The number of benzene rings is 1. The third kappa shape index (κ3) is 3.39. The fraction of sp³-hybridized carbons (Fsp3) is 0.550. The second-order valence-electron chi connectivity index (χ2n) is 7.44. The van der Waals surface area contributed by atoms with Gasteiger partial charge in [0.05, 0.1) is 11.4 Å². The van der Waals surface area contributed by atoms with Gasteiger partial charge in [-0.15, -0.1) is 12.3 Å². The fourth-order valence-electron chi connectivity index (χ4n) is 4.24. The van der Waals surface area contributed by atoms with Gasteiger partial charge < -0.3 is 10.2 Å². The molecule has 5 heteroatoms. The molecule has 1 saturated heterocycles. The predicted octanol–water partition coefficient (Wildman–Crippen LogP) is 3.97. The van der Waals surface area contributed by atoms with Crippen LogP contribution in [-0.4, -0.2) is 24.2 Å². The van der Waals surface area contributed by atoms with Crippen molar-refractivity contribution in [1.82, 2.24) is 0 Å². The maximum Gasteiger partial charge on any atom is 0.224 e. The predicted molar refractivity (Wildman–Crippen MR) is 98.4 cm³/mol. The minimum absolute atomic E-state index is 0.0224. The molecule has 1 aromatic rings. The molecule has 2 atom stereocenters. The Morgan fingerprint density at radius 1 is 1.32 bits per heavy atom. The van der Waals surface area contributed by atoms with Crippen LogP contribution < -0.4 is 10.2 Å². The lowest BCUT2D eigenvalue weighted by Crippen LogP contribution is -2.32. The number of nitrogens with zero attached hydrogens (tertiary/aromatic N) is 3. The zero-order valence-electron chi connectivity index (χ0n) is 14.4. The van der Waals surface area contributed by atoms with Gasteiger partial charge in [-0.3, -0.25) is 4.79 Å². The monoisotopic (exact) mass is 336 g/mol. The van der Waals surface area contributed by atoms with Crippen molar-refractivity contribution < 1.29 is 4.79 Å². The lowest BCUT2D eigenvalue weighted by atomic mass is 10.0. The highest BCUT2D eigenvalue weighted by molar-refractivity contribution is 5.94. The van der Waals surface area contributed by atoms with Crippen molar-refractivity contribution in [3.8, 4) is 12.3 Å². The number of fused-ring (bicyclic) bond motifs is 2. The largest absolute Gasteiger partial charge is 0.367 e. The zero-order valence-corrected chi connectivity index (χ0v) is 14.4. The van der Waals surface area contributed by atoms with E-state index < -0.39 is 5.66 Å². The summed E-state index contributed by atoms with van der Waals surface area (Å²) in [7, 11) is 0. The third-order valence-electron chi connectivity index (χ3n) is 5.70. The number of rotatable bonds is 7. The van der Waals surface area contributed by atoms with Crippen LogP contribution in [0.4, 0.5) is 11.4 Å². The van der Waals surface area contributed by atoms with E-state index in [0.717, 1.165) is 30.3 Å². The van der Waals surface area contributed by atoms with E-state index in [9.17, 15) is 4.79 Å². The number of carbonyl (C=O) groups is 1. The Morgan fingerprint density at radius 3 is 2.84 bits per heavy atom. The highest BCUT2D eigenvalue weighted by Crippen LogP contribution is 2.42. The molecule has 2 aliphatic heterocycles. The van der Waals surface area contributed by atoms with Crippen molar-refractivity contribution >= 4 is 17.3 Å². The van der Waals surface area contributed by atoms with E-state index in [1.165, 1.54) is 19.3 Å². The van der Waals surface area contributed by atoms with Crippen molar-refractivity contribution in [3.63, 3.8) is 0 Å². The van der Waals surface area contributed by atoms with Gasteiger partial charge in [-0.05, 0) is 37.3 Å². The van der Waals surface area contributed by atoms with Gasteiger partial charge in [0, 0.05) is 38.3 Å². The number of hydrogen-bond donors (Lipinski definition) is 1. The molecule has 2 fully saturated rings. The SMILES string of the molecule is C#CCCC1(CCC(=O)Nc2ccccc2N2CC3CCC2C3)N=N1. The van der Waals surface area contributed by atoms with Gasteiger partial charge in [0.1, 0.15) is 0 Å². The molecule has 3 aliphatic rings. The lowest BCUT2D eigenvalue weighted by Gasteiger charge is -2.31. The van der Waals surface area contributed by atoms with Crippen LogP contribution in [0.2, 0.25) is 0 Å². The molecule has 2 bridgehead atoms. The summed E-state index contributed by atoms with van der Waals surface area (Å²) >= 11 is 0. The first-order valence-electron chi connectivity index (χ1n) is 9.22. The number of terminal acetylenes is 1. The van der Waals surface area contributed by atoms with E-state index in [2.05, 4.69) is 32.4 Å². The number of amides is 1. The zero-order chi connectivity index (χ0) is 17.3. The van der Waals surface area contributed by atoms with Crippen LogP contribution in [0.25, 0.3) is 0 Å². The Hall–Kier alpha value is -2.35. The van der Waals surface area contributed by atoms with Crippen LogP contribution in [0, 0.1) is 18.3 Å². The number of anilines is 2. The molecule has 2 unspecified atom stereocenters. The molecule has 1 aliphatic carbocycles. The maximum atomic E-state index is 12.4. The Balaban J connectivity index is 1.36. The smallest absolute Gasteiger partial charge is 0.224 e. The molecule has 1 aromatic carbocycles. The number of hydrogen-bond acceptors (Lipinski definition) is 4. The summed E-state index contributed by atoms with van der Waals surface area (Å²) in [5, 5.41) is 11.3. The van der Waals surface area contributed by atoms with E-state index in [-0.39, 0.29) is 5.91 Å². The topological polar surface area (TPSA) is 57.1 Å². The number of nitrogens with one attached hydrogen (secondary N) is 1. The summed E-state index contributed by atoms with van der Waals surface area (Å²) in [5.74, 6) is 3.46. The molecule has 0 radical (unpaired) electrons. The Labute approximate surface area is 148 Å². The number of piperidine rings is 1. The van der Waals surface area contributed by atoms with Crippen molar-refractivity contribution in [2.75, 3.05) is 16.8 Å². The average Bonchev–Trinajstić information content (AvgIpc) is 3.07. The summed E-state index contributed by atoms with van der Waals surface area (Å²) in [6.07, 6.45) is 11.7. The highest BCUT2D eigenvalue weighted by atomic mass is 16.1. The Bertz CT molecular complexity index is 729. The molecular weight excluding hydrogens is 312 g/mol. The normalized spacial score (nSPS) is 25.0. The molecule has 0 spiro atoms. The van der Waals surface area contributed by atoms with Gasteiger partial charge in [0.2, 0.25) is 5.91 Å². The molecule has 0 aromatic heterocycles. The van der Waals surface area contributed by atoms with E-state index in [1.807, 2.05) is 18.2 Å². The Morgan fingerprint density at radius 2 is 2.16 bits per heavy atom. The summed E-state index contributed by atoms with van der Waals surface area (Å²) in [6.45, 7) is 1.12.